The SMILES string of the molecule is CN(C)CCCOc1ccc(-c2cnc(N)c(-c3nc4ccccc4s3)c2)cn1. The van der Waals surface area contributed by atoms with Crippen LogP contribution in [-0.4, -0.2) is 47.1 Å². The minimum atomic E-state index is 0.474. The fourth-order valence-electron chi connectivity index (χ4n) is 2.99. The molecule has 0 unspecified atom stereocenters. The van der Waals surface area contributed by atoms with Gasteiger partial charge in [0.2, 0.25) is 5.88 Å². The van der Waals surface area contributed by atoms with Crippen LogP contribution in [0.3, 0.4) is 0 Å². The number of ether oxygens (including phenoxy) is 1. The van der Waals surface area contributed by atoms with Gasteiger partial charge in [0.05, 0.1) is 22.4 Å². The third-order valence-electron chi connectivity index (χ3n) is 4.51. The number of benzene rings is 1. The van der Waals surface area contributed by atoms with Gasteiger partial charge in [-0.1, -0.05) is 12.1 Å². The average molecular weight is 406 g/mol. The molecule has 0 bridgehead atoms. The number of thiazole rings is 1. The summed E-state index contributed by atoms with van der Waals surface area (Å²) in [4.78, 5) is 15.6. The van der Waals surface area contributed by atoms with Crippen molar-refractivity contribution in [2.24, 2.45) is 0 Å². The van der Waals surface area contributed by atoms with Crippen molar-refractivity contribution in [3.05, 3.63) is 54.9 Å². The first-order valence-electron chi connectivity index (χ1n) is 9.45. The maximum atomic E-state index is 6.15. The van der Waals surface area contributed by atoms with Gasteiger partial charge in [0.1, 0.15) is 10.8 Å². The second kappa shape index (κ2) is 8.55. The molecule has 4 rings (SSSR count). The standard InChI is InChI=1S/C22H23N5OS/c1-27(2)10-5-11-28-20-9-8-15(13-24-20)16-12-17(21(23)25-14-16)22-26-18-6-3-4-7-19(18)29-22/h3-4,6-9,12-14H,5,10-11H2,1-2H3,(H2,23,25). The number of aromatic nitrogens is 3. The van der Waals surface area contributed by atoms with Crippen molar-refractivity contribution in [3.63, 3.8) is 0 Å². The lowest BCUT2D eigenvalue weighted by atomic mass is 10.1. The number of para-hydroxylation sites is 1. The van der Waals surface area contributed by atoms with Crippen molar-refractivity contribution in [2.75, 3.05) is 33.0 Å². The van der Waals surface area contributed by atoms with Crippen molar-refractivity contribution in [2.45, 2.75) is 6.42 Å². The maximum Gasteiger partial charge on any atom is 0.213 e. The van der Waals surface area contributed by atoms with Gasteiger partial charge in [-0.05, 0) is 44.8 Å². The molecule has 148 valence electrons. The van der Waals surface area contributed by atoms with E-state index in [0.29, 0.717) is 18.3 Å². The van der Waals surface area contributed by atoms with Gasteiger partial charge in [0, 0.05) is 36.1 Å². The lowest BCUT2D eigenvalue weighted by Crippen LogP contribution is -2.15. The summed E-state index contributed by atoms with van der Waals surface area (Å²) in [6.07, 6.45) is 4.53. The number of rotatable bonds is 7. The fourth-order valence-corrected chi connectivity index (χ4v) is 3.98. The molecule has 0 atom stereocenters. The zero-order valence-electron chi connectivity index (χ0n) is 16.5. The third kappa shape index (κ3) is 4.52. The lowest BCUT2D eigenvalue weighted by molar-refractivity contribution is 0.273. The monoisotopic (exact) mass is 405 g/mol. The Labute approximate surface area is 174 Å². The molecule has 0 radical (unpaired) electrons. The van der Waals surface area contributed by atoms with Gasteiger partial charge in [-0.2, -0.15) is 0 Å². The predicted molar refractivity (Wildman–Crippen MR) is 119 cm³/mol. The summed E-state index contributed by atoms with van der Waals surface area (Å²) in [5, 5.41) is 0.867. The van der Waals surface area contributed by atoms with E-state index in [2.05, 4.69) is 35.0 Å². The van der Waals surface area contributed by atoms with E-state index in [4.69, 9.17) is 15.5 Å². The molecule has 0 fully saturated rings. The van der Waals surface area contributed by atoms with Crippen LogP contribution in [0.1, 0.15) is 6.42 Å². The van der Waals surface area contributed by atoms with E-state index < -0.39 is 0 Å². The predicted octanol–water partition coefficient (Wildman–Crippen LogP) is 4.33. The summed E-state index contributed by atoms with van der Waals surface area (Å²) in [6.45, 7) is 1.64. The maximum absolute atomic E-state index is 6.15. The first-order valence-corrected chi connectivity index (χ1v) is 10.3. The molecule has 3 aromatic heterocycles. The molecule has 0 aliphatic heterocycles. The van der Waals surface area contributed by atoms with Crippen LogP contribution >= 0.6 is 11.3 Å². The van der Waals surface area contributed by atoms with E-state index in [1.165, 1.54) is 0 Å². The largest absolute Gasteiger partial charge is 0.478 e. The van der Waals surface area contributed by atoms with Crippen LogP contribution in [0.4, 0.5) is 5.82 Å². The second-order valence-electron chi connectivity index (χ2n) is 7.03. The highest BCUT2D eigenvalue weighted by atomic mass is 32.1. The van der Waals surface area contributed by atoms with Crippen molar-refractivity contribution in [1.82, 2.24) is 19.9 Å². The van der Waals surface area contributed by atoms with E-state index in [1.807, 2.05) is 36.4 Å². The molecular weight excluding hydrogens is 382 g/mol. The first kappa shape index (κ1) is 19.3. The molecule has 3 heterocycles. The molecule has 0 aliphatic carbocycles. The van der Waals surface area contributed by atoms with Gasteiger partial charge in [-0.25, -0.2) is 15.0 Å². The third-order valence-corrected chi connectivity index (χ3v) is 5.58. The summed E-state index contributed by atoms with van der Waals surface area (Å²) < 4.78 is 6.84. The van der Waals surface area contributed by atoms with Gasteiger partial charge >= 0.3 is 0 Å². The summed E-state index contributed by atoms with van der Waals surface area (Å²) in [6, 6.07) is 14.0. The fraction of sp³-hybridized carbons (Fsp3) is 0.227. The number of nitrogen functional groups attached to an aromatic ring is 1. The Balaban J connectivity index is 1.54. The van der Waals surface area contributed by atoms with Gasteiger partial charge in [-0.15, -0.1) is 11.3 Å². The zero-order valence-corrected chi connectivity index (χ0v) is 17.3. The minimum absolute atomic E-state index is 0.474. The van der Waals surface area contributed by atoms with Crippen molar-refractivity contribution in [1.29, 1.82) is 0 Å². The lowest BCUT2D eigenvalue weighted by Gasteiger charge is -2.10. The van der Waals surface area contributed by atoms with Gasteiger partial charge in [-0.3, -0.25) is 0 Å². The van der Waals surface area contributed by atoms with Gasteiger partial charge in [0.15, 0.2) is 0 Å². The molecule has 2 N–H and O–H groups in total. The smallest absolute Gasteiger partial charge is 0.213 e. The van der Waals surface area contributed by atoms with E-state index >= 15 is 0 Å². The van der Waals surface area contributed by atoms with Crippen molar-refractivity contribution in [3.8, 4) is 27.6 Å². The number of nitrogens with zero attached hydrogens (tertiary/aromatic N) is 4. The Morgan fingerprint density at radius 2 is 1.86 bits per heavy atom. The van der Waals surface area contributed by atoms with E-state index in [9.17, 15) is 0 Å². The topological polar surface area (TPSA) is 77.2 Å². The van der Waals surface area contributed by atoms with Crippen LogP contribution < -0.4 is 10.5 Å². The number of hydrogen-bond acceptors (Lipinski definition) is 7. The summed E-state index contributed by atoms with van der Waals surface area (Å²) >= 11 is 1.61. The number of pyridine rings is 2. The molecule has 7 heteroatoms. The Morgan fingerprint density at radius 3 is 2.62 bits per heavy atom. The van der Waals surface area contributed by atoms with E-state index in [-0.39, 0.29) is 0 Å². The number of anilines is 1. The molecule has 4 aromatic rings. The molecule has 6 nitrogen and oxygen atoms in total. The van der Waals surface area contributed by atoms with Crippen molar-refractivity contribution >= 4 is 27.4 Å². The highest BCUT2D eigenvalue weighted by Gasteiger charge is 2.12. The molecule has 29 heavy (non-hydrogen) atoms. The van der Waals surface area contributed by atoms with Gasteiger partial charge < -0.3 is 15.4 Å². The van der Waals surface area contributed by atoms with Gasteiger partial charge in [0.25, 0.3) is 0 Å². The average Bonchev–Trinajstić information content (AvgIpc) is 3.16. The van der Waals surface area contributed by atoms with Crippen LogP contribution in [0.5, 0.6) is 5.88 Å². The van der Waals surface area contributed by atoms with Crippen LogP contribution in [0.15, 0.2) is 54.9 Å². The van der Waals surface area contributed by atoms with Crippen LogP contribution in [0.25, 0.3) is 31.9 Å². The molecule has 0 amide bonds. The Kier molecular flexibility index (Phi) is 5.69. The molecule has 0 aliphatic rings. The van der Waals surface area contributed by atoms with E-state index in [0.717, 1.165) is 44.9 Å². The Morgan fingerprint density at radius 1 is 1.03 bits per heavy atom. The molecule has 0 saturated carbocycles. The van der Waals surface area contributed by atoms with Crippen molar-refractivity contribution < 1.29 is 4.74 Å². The molecule has 1 aromatic carbocycles. The summed E-state index contributed by atoms with van der Waals surface area (Å²) in [7, 11) is 4.10. The minimum Gasteiger partial charge on any atom is -0.478 e. The molecule has 0 saturated heterocycles. The number of nitrogens with two attached hydrogens (primary N) is 1. The highest BCUT2D eigenvalue weighted by molar-refractivity contribution is 7.21. The zero-order chi connectivity index (χ0) is 20.2. The molecule has 0 spiro atoms. The van der Waals surface area contributed by atoms with E-state index in [1.54, 1.807) is 23.7 Å². The second-order valence-corrected chi connectivity index (χ2v) is 8.06. The molecular formula is C22H23N5OS. The normalized spacial score (nSPS) is 11.3. The number of hydrogen-bond donors (Lipinski definition) is 1. The van der Waals surface area contributed by atoms with Crippen LogP contribution in [0, 0.1) is 0 Å². The number of fused-ring (bicyclic) bond motifs is 1. The van der Waals surface area contributed by atoms with Crippen LogP contribution in [-0.2, 0) is 0 Å². The Bertz CT molecular complexity index is 1070. The summed E-state index contributed by atoms with van der Waals surface area (Å²) in [5.41, 5.74) is 9.86. The van der Waals surface area contributed by atoms with Crippen LogP contribution in [0.2, 0.25) is 0 Å². The summed E-state index contributed by atoms with van der Waals surface area (Å²) in [5.74, 6) is 1.10. The quantitative estimate of drug-likeness (QED) is 0.461. The first-order chi connectivity index (χ1) is 14.1. The highest BCUT2D eigenvalue weighted by Crippen LogP contribution is 2.34. The Hall–Kier alpha value is -3.03.